The molecule has 0 aromatic carbocycles. The molecular formula is C16H24O5. The van der Waals surface area contributed by atoms with E-state index >= 15 is 0 Å². The number of unbranched alkanes of at least 4 members (excludes halogenated alkanes) is 2. The first-order chi connectivity index (χ1) is 10.2. The number of allylic oxidation sites excluding steroid dienone is 1. The van der Waals surface area contributed by atoms with E-state index in [9.17, 15) is 4.79 Å². The summed E-state index contributed by atoms with van der Waals surface area (Å²) in [5, 5.41) is 0. The third kappa shape index (κ3) is 2.99. The van der Waals surface area contributed by atoms with Crippen molar-refractivity contribution in [1.82, 2.24) is 0 Å². The molecule has 118 valence electrons. The summed E-state index contributed by atoms with van der Waals surface area (Å²) in [6.45, 7) is 2.14. The zero-order chi connectivity index (χ0) is 15.4. The van der Waals surface area contributed by atoms with E-state index in [1.165, 1.54) is 0 Å². The second-order valence-electron chi connectivity index (χ2n) is 5.35. The van der Waals surface area contributed by atoms with Crippen LogP contribution in [0.4, 0.5) is 0 Å². The number of carbonyl (C=O) groups is 1. The molecule has 2 rings (SSSR count). The fourth-order valence-corrected chi connectivity index (χ4v) is 2.97. The normalized spacial score (nSPS) is 28.3. The zero-order valence-electron chi connectivity index (χ0n) is 13.2. The Hall–Kier alpha value is -1.33. The van der Waals surface area contributed by atoms with Crippen molar-refractivity contribution in [2.75, 3.05) is 21.3 Å². The number of methoxy groups -OCH3 is 3. The molecule has 0 fully saturated rings. The van der Waals surface area contributed by atoms with Gasteiger partial charge in [0.05, 0.1) is 13.0 Å². The Morgan fingerprint density at radius 2 is 1.86 bits per heavy atom. The summed E-state index contributed by atoms with van der Waals surface area (Å²) in [5.74, 6) is 0.840. The topological polar surface area (TPSA) is 54.0 Å². The predicted molar refractivity (Wildman–Crippen MR) is 77.4 cm³/mol. The van der Waals surface area contributed by atoms with E-state index in [1.54, 1.807) is 21.3 Å². The molecule has 0 bridgehead atoms. The first-order valence-electron chi connectivity index (χ1n) is 7.44. The minimum atomic E-state index is -0.440. The van der Waals surface area contributed by atoms with Gasteiger partial charge in [0.25, 0.3) is 0 Å². The largest absolute Gasteiger partial charge is 0.498 e. The number of ether oxygens (including phenoxy) is 4. The molecule has 0 amide bonds. The van der Waals surface area contributed by atoms with Crippen LogP contribution >= 0.6 is 0 Å². The Kier molecular flexibility index (Phi) is 5.42. The van der Waals surface area contributed by atoms with Gasteiger partial charge in [0, 0.05) is 19.8 Å². The highest BCUT2D eigenvalue weighted by Crippen LogP contribution is 2.40. The first-order valence-corrected chi connectivity index (χ1v) is 7.44. The summed E-state index contributed by atoms with van der Waals surface area (Å²) in [6.07, 6.45) is 5.09. The molecule has 1 aliphatic heterocycles. The lowest BCUT2D eigenvalue weighted by molar-refractivity contribution is -0.143. The Bertz CT molecular complexity index is 452. The van der Waals surface area contributed by atoms with Crippen LogP contribution in [0.3, 0.4) is 0 Å². The van der Waals surface area contributed by atoms with Crippen molar-refractivity contribution in [3.63, 3.8) is 0 Å². The van der Waals surface area contributed by atoms with Gasteiger partial charge >= 0.3 is 5.97 Å². The highest BCUT2D eigenvalue weighted by atomic mass is 16.6. The van der Waals surface area contributed by atoms with Gasteiger partial charge < -0.3 is 18.9 Å². The Balaban J connectivity index is 2.27. The van der Waals surface area contributed by atoms with E-state index in [0.29, 0.717) is 11.5 Å². The molecule has 0 radical (unpaired) electrons. The summed E-state index contributed by atoms with van der Waals surface area (Å²) in [6, 6.07) is 0. The molecule has 2 aliphatic rings. The lowest BCUT2D eigenvalue weighted by Crippen LogP contribution is -2.37. The molecule has 2 unspecified atom stereocenters. The molecular weight excluding hydrogens is 272 g/mol. The fourth-order valence-electron chi connectivity index (χ4n) is 2.97. The summed E-state index contributed by atoms with van der Waals surface area (Å²) < 4.78 is 21.8. The number of rotatable bonds is 7. The summed E-state index contributed by atoms with van der Waals surface area (Å²) in [7, 11) is 4.77. The minimum Gasteiger partial charge on any atom is -0.498 e. The Labute approximate surface area is 125 Å². The van der Waals surface area contributed by atoms with E-state index in [-0.39, 0.29) is 18.0 Å². The summed E-state index contributed by atoms with van der Waals surface area (Å²) in [4.78, 5) is 12.2. The smallest absolute Gasteiger partial charge is 0.318 e. The van der Waals surface area contributed by atoms with E-state index in [2.05, 4.69) is 6.92 Å². The second kappa shape index (κ2) is 7.09. The van der Waals surface area contributed by atoms with Crippen LogP contribution in [0.5, 0.6) is 0 Å². The van der Waals surface area contributed by atoms with Gasteiger partial charge in [-0.2, -0.15) is 0 Å². The van der Waals surface area contributed by atoms with Crippen molar-refractivity contribution in [3.8, 4) is 0 Å². The summed E-state index contributed by atoms with van der Waals surface area (Å²) in [5.41, 5.74) is 0.883. The maximum atomic E-state index is 12.2. The third-order valence-corrected chi connectivity index (χ3v) is 4.11. The highest BCUT2D eigenvalue weighted by Gasteiger charge is 2.45. The standard InChI is InChI=1S/C16H24O5/c1-5-6-7-8-10-11-9-12(18-2)14(19-3)15(20-4)13(11)21-16(10)17/h9-10,14-15H,5-8H2,1-4H3/t10-,14?,15?/m0/s1. The van der Waals surface area contributed by atoms with Crippen LogP contribution in [0.15, 0.2) is 23.2 Å². The SMILES string of the molecule is CCCCC[C@@H]1C(=O)OC2=C1C=C(OC)C(OC)C2OC. The van der Waals surface area contributed by atoms with Crippen LogP contribution in [0, 0.1) is 5.92 Å². The van der Waals surface area contributed by atoms with Gasteiger partial charge in [-0.05, 0) is 12.5 Å². The molecule has 0 aromatic heterocycles. The van der Waals surface area contributed by atoms with Crippen LogP contribution in [-0.2, 0) is 23.7 Å². The van der Waals surface area contributed by atoms with Crippen molar-refractivity contribution >= 4 is 5.97 Å². The van der Waals surface area contributed by atoms with Crippen LogP contribution in [0.2, 0.25) is 0 Å². The molecule has 0 saturated carbocycles. The van der Waals surface area contributed by atoms with Crippen LogP contribution < -0.4 is 0 Å². The van der Waals surface area contributed by atoms with Gasteiger partial charge in [-0.3, -0.25) is 4.79 Å². The molecule has 0 aromatic rings. The Morgan fingerprint density at radius 3 is 2.43 bits per heavy atom. The molecule has 1 heterocycles. The molecule has 5 heteroatoms. The van der Waals surface area contributed by atoms with Crippen molar-refractivity contribution < 1.29 is 23.7 Å². The fraction of sp³-hybridized carbons (Fsp3) is 0.688. The van der Waals surface area contributed by atoms with Crippen LogP contribution in [0.25, 0.3) is 0 Å². The van der Waals surface area contributed by atoms with E-state index in [4.69, 9.17) is 18.9 Å². The lowest BCUT2D eigenvalue weighted by Gasteiger charge is -2.29. The number of carbonyl (C=O) groups excluding carboxylic acids is 1. The molecule has 0 N–H and O–H groups in total. The average molecular weight is 296 g/mol. The van der Waals surface area contributed by atoms with Crippen molar-refractivity contribution in [2.45, 2.75) is 44.8 Å². The van der Waals surface area contributed by atoms with Gasteiger partial charge in [0.15, 0.2) is 0 Å². The van der Waals surface area contributed by atoms with Crippen molar-refractivity contribution in [3.05, 3.63) is 23.2 Å². The number of hydrogen-bond acceptors (Lipinski definition) is 5. The lowest BCUT2D eigenvalue weighted by atomic mass is 9.88. The maximum absolute atomic E-state index is 12.2. The van der Waals surface area contributed by atoms with Crippen LogP contribution in [-0.4, -0.2) is 39.5 Å². The third-order valence-electron chi connectivity index (χ3n) is 4.11. The molecule has 1 aliphatic carbocycles. The maximum Gasteiger partial charge on any atom is 0.318 e. The molecule has 3 atom stereocenters. The second-order valence-corrected chi connectivity index (χ2v) is 5.35. The van der Waals surface area contributed by atoms with Crippen molar-refractivity contribution in [2.24, 2.45) is 5.92 Å². The zero-order valence-corrected chi connectivity index (χ0v) is 13.2. The molecule has 5 nitrogen and oxygen atoms in total. The Morgan fingerprint density at radius 1 is 1.14 bits per heavy atom. The van der Waals surface area contributed by atoms with Crippen molar-refractivity contribution in [1.29, 1.82) is 0 Å². The summed E-state index contributed by atoms with van der Waals surface area (Å²) >= 11 is 0. The molecule has 21 heavy (non-hydrogen) atoms. The average Bonchev–Trinajstić information content (AvgIpc) is 2.81. The van der Waals surface area contributed by atoms with Crippen LogP contribution in [0.1, 0.15) is 32.6 Å². The molecule has 0 spiro atoms. The highest BCUT2D eigenvalue weighted by molar-refractivity contribution is 5.82. The number of esters is 1. The van der Waals surface area contributed by atoms with Gasteiger partial charge in [-0.15, -0.1) is 0 Å². The monoisotopic (exact) mass is 296 g/mol. The van der Waals surface area contributed by atoms with E-state index in [0.717, 1.165) is 31.3 Å². The first kappa shape index (κ1) is 16.0. The van der Waals surface area contributed by atoms with Gasteiger partial charge in [0.1, 0.15) is 23.7 Å². The minimum absolute atomic E-state index is 0.193. The quantitative estimate of drug-likeness (QED) is 0.534. The number of hydrogen-bond donors (Lipinski definition) is 0. The molecule has 0 saturated heterocycles. The van der Waals surface area contributed by atoms with E-state index in [1.807, 2.05) is 6.08 Å². The predicted octanol–water partition coefficient (Wildman–Crippen LogP) is 2.57. The van der Waals surface area contributed by atoms with E-state index < -0.39 is 6.10 Å². The van der Waals surface area contributed by atoms with Gasteiger partial charge in [-0.1, -0.05) is 26.2 Å². The van der Waals surface area contributed by atoms with Gasteiger partial charge in [0.2, 0.25) is 0 Å². The van der Waals surface area contributed by atoms with Gasteiger partial charge in [-0.25, -0.2) is 0 Å².